The number of likely N-dealkylation sites (tertiary alicyclic amines) is 1. The van der Waals surface area contributed by atoms with Gasteiger partial charge in [0.05, 0.1) is 21.9 Å². The van der Waals surface area contributed by atoms with Crippen molar-refractivity contribution >= 4 is 33.5 Å². The number of hydrogen-bond acceptors (Lipinski definition) is 5. The fourth-order valence-electron chi connectivity index (χ4n) is 4.95. The van der Waals surface area contributed by atoms with Crippen LogP contribution in [0.5, 0.6) is 0 Å². The molecule has 1 atom stereocenters. The van der Waals surface area contributed by atoms with Gasteiger partial charge in [-0.15, -0.1) is 11.3 Å². The normalized spacial score (nSPS) is 25.6. The second kappa shape index (κ2) is 7.12. The van der Waals surface area contributed by atoms with Crippen LogP contribution in [-0.4, -0.2) is 52.0 Å². The number of carbonyl (C=O) groups excluding carboxylic acids is 2. The van der Waals surface area contributed by atoms with Crippen LogP contribution in [0.2, 0.25) is 0 Å². The molecule has 1 aromatic heterocycles. The van der Waals surface area contributed by atoms with Crippen LogP contribution in [-0.2, 0) is 4.79 Å². The third kappa shape index (κ3) is 3.10. The number of thiazole rings is 1. The lowest BCUT2D eigenvalue weighted by atomic mass is 9.82. The van der Waals surface area contributed by atoms with Crippen molar-refractivity contribution in [1.82, 2.24) is 20.1 Å². The molecule has 2 aliphatic heterocycles. The minimum Gasteiger partial charge on any atom is -0.323 e. The largest absolute Gasteiger partial charge is 0.326 e. The van der Waals surface area contributed by atoms with Gasteiger partial charge in [0.25, 0.3) is 5.91 Å². The Bertz CT molecular complexity index is 872. The van der Waals surface area contributed by atoms with Crippen molar-refractivity contribution in [3.63, 3.8) is 0 Å². The maximum absolute atomic E-state index is 13.0. The highest BCUT2D eigenvalue weighted by atomic mass is 32.1. The minimum absolute atomic E-state index is 0.0145. The molecule has 0 bridgehead atoms. The number of aromatic nitrogens is 1. The first kappa shape index (κ1) is 18.1. The summed E-state index contributed by atoms with van der Waals surface area (Å²) in [6.07, 6.45) is 6.92. The number of amides is 3. The third-order valence-electron chi connectivity index (χ3n) is 6.46. The van der Waals surface area contributed by atoms with Crippen LogP contribution in [0.25, 0.3) is 10.2 Å². The molecule has 6 nitrogen and oxygen atoms in total. The van der Waals surface area contributed by atoms with Gasteiger partial charge in [-0.1, -0.05) is 31.4 Å². The Morgan fingerprint density at radius 1 is 1.14 bits per heavy atom. The van der Waals surface area contributed by atoms with Gasteiger partial charge in [0.1, 0.15) is 5.54 Å². The van der Waals surface area contributed by atoms with Crippen molar-refractivity contribution in [1.29, 1.82) is 0 Å². The molecule has 3 fully saturated rings. The minimum atomic E-state index is -0.627. The number of urea groups is 1. The number of nitrogens with zero attached hydrogens (tertiary/aromatic N) is 3. The highest BCUT2D eigenvalue weighted by molar-refractivity contribution is 7.18. The molecule has 1 aliphatic carbocycles. The second-order valence-corrected chi connectivity index (χ2v) is 9.45. The summed E-state index contributed by atoms with van der Waals surface area (Å²) in [5.74, 6) is 0.356. The summed E-state index contributed by atoms with van der Waals surface area (Å²) in [4.78, 5) is 34.1. The molecule has 148 valence electrons. The highest BCUT2D eigenvalue weighted by Crippen LogP contribution is 2.35. The van der Waals surface area contributed by atoms with Crippen LogP contribution in [0.3, 0.4) is 0 Å². The van der Waals surface area contributed by atoms with E-state index in [4.69, 9.17) is 4.98 Å². The number of benzene rings is 1. The van der Waals surface area contributed by atoms with Gasteiger partial charge in [-0.25, -0.2) is 14.7 Å². The van der Waals surface area contributed by atoms with Crippen molar-refractivity contribution < 1.29 is 9.59 Å². The molecule has 3 aliphatic rings. The lowest BCUT2D eigenvalue weighted by Gasteiger charge is -2.34. The molecular weight excluding hydrogens is 372 g/mol. The molecule has 0 radical (unpaired) electrons. The van der Waals surface area contributed by atoms with Crippen LogP contribution in [0.15, 0.2) is 24.3 Å². The summed E-state index contributed by atoms with van der Waals surface area (Å²) in [6, 6.07) is 8.04. The number of hydrogen-bond donors (Lipinski definition) is 1. The van der Waals surface area contributed by atoms with E-state index in [9.17, 15) is 9.59 Å². The van der Waals surface area contributed by atoms with E-state index >= 15 is 0 Å². The maximum Gasteiger partial charge on any atom is 0.326 e. The lowest BCUT2D eigenvalue weighted by Crippen LogP contribution is -2.49. The molecule has 1 spiro atoms. The summed E-state index contributed by atoms with van der Waals surface area (Å²) in [5, 5.41) is 4.19. The number of carbonyl (C=O) groups is 2. The molecule has 1 unspecified atom stereocenters. The van der Waals surface area contributed by atoms with Gasteiger partial charge < -0.3 is 5.32 Å². The van der Waals surface area contributed by atoms with Gasteiger partial charge in [-0.2, -0.15) is 0 Å². The van der Waals surface area contributed by atoms with E-state index in [0.29, 0.717) is 12.6 Å². The maximum atomic E-state index is 13.0. The number of fused-ring (bicyclic) bond motifs is 1. The summed E-state index contributed by atoms with van der Waals surface area (Å²) in [5.41, 5.74) is 0.436. The average Bonchev–Trinajstić information content (AvgIpc) is 3.24. The topological polar surface area (TPSA) is 65.5 Å². The van der Waals surface area contributed by atoms with Crippen LogP contribution in [0, 0.1) is 0 Å². The van der Waals surface area contributed by atoms with Crippen molar-refractivity contribution in [2.24, 2.45) is 0 Å². The van der Waals surface area contributed by atoms with E-state index in [1.807, 2.05) is 6.07 Å². The van der Waals surface area contributed by atoms with Crippen molar-refractivity contribution in [2.75, 3.05) is 19.8 Å². The quantitative estimate of drug-likeness (QED) is 0.801. The van der Waals surface area contributed by atoms with E-state index < -0.39 is 5.54 Å². The molecule has 3 heterocycles. The molecule has 1 saturated carbocycles. The Balaban J connectivity index is 1.29. The number of nitrogens with one attached hydrogen (secondary N) is 1. The van der Waals surface area contributed by atoms with E-state index in [1.54, 1.807) is 11.3 Å². The molecular formula is C21H26N4O2S. The molecule has 2 saturated heterocycles. The first-order chi connectivity index (χ1) is 13.6. The first-order valence-corrected chi connectivity index (χ1v) is 11.2. The van der Waals surface area contributed by atoms with Gasteiger partial charge in [0.15, 0.2) is 0 Å². The SMILES string of the molecule is O=C1NC2(CCCCC2)C(=O)N1CN1CCCC(c2nc3ccccc3s2)C1. The van der Waals surface area contributed by atoms with E-state index in [1.165, 1.54) is 14.6 Å². The van der Waals surface area contributed by atoms with Gasteiger partial charge >= 0.3 is 6.03 Å². The Kier molecular flexibility index (Phi) is 4.59. The van der Waals surface area contributed by atoms with Crippen LogP contribution < -0.4 is 5.32 Å². The van der Waals surface area contributed by atoms with E-state index in [2.05, 4.69) is 28.4 Å². The van der Waals surface area contributed by atoms with E-state index in [-0.39, 0.29) is 11.9 Å². The number of para-hydroxylation sites is 1. The zero-order chi connectivity index (χ0) is 19.1. The van der Waals surface area contributed by atoms with Crippen molar-refractivity contribution in [2.45, 2.75) is 56.4 Å². The van der Waals surface area contributed by atoms with Gasteiger partial charge in [-0.05, 0) is 44.4 Å². The average molecular weight is 399 g/mol. The monoisotopic (exact) mass is 398 g/mol. The van der Waals surface area contributed by atoms with Crippen LogP contribution >= 0.6 is 11.3 Å². The summed E-state index contributed by atoms with van der Waals surface area (Å²) >= 11 is 1.77. The van der Waals surface area contributed by atoms with Crippen molar-refractivity contribution in [3.8, 4) is 0 Å². The highest BCUT2D eigenvalue weighted by Gasteiger charge is 2.51. The molecule has 3 amide bonds. The van der Waals surface area contributed by atoms with E-state index in [0.717, 1.165) is 63.6 Å². The molecule has 7 heteroatoms. The fraction of sp³-hybridized carbons (Fsp3) is 0.571. The zero-order valence-corrected chi connectivity index (χ0v) is 16.8. The number of imide groups is 1. The summed E-state index contributed by atoms with van der Waals surface area (Å²) in [7, 11) is 0. The predicted octanol–water partition coefficient (Wildman–Crippen LogP) is 3.69. The molecule has 28 heavy (non-hydrogen) atoms. The second-order valence-electron chi connectivity index (χ2n) is 8.38. The Morgan fingerprint density at radius 3 is 2.79 bits per heavy atom. The first-order valence-electron chi connectivity index (χ1n) is 10.4. The Labute approximate surface area is 168 Å². The molecule has 1 N–H and O–H groups in total. The fourth-order valence-corrected chi connectivity index (χ4v) is 6.04. The van der Waals surface area contributed by atoms with Crippen LogP contribution in [0.4, 0.5) is 4.79 Å². The lowest BCUT2D eigenvalue weighted by molar-refractivity contribution is -0.134. The number of rotatable bonds is 3. The Morgan fingerprint density at radius 2 is 1.96 bits per heavy atom. The molecule has 5 rings (SSSR count). The van der Waals surface area contributed by atoms with Gasteiger partial charge in [0.2, 0.25) is 0 Å². The summed E-state index contributed by atoms with van der Waals surface area (Å²) in [6.45, 7) is 2.17. The predicted molar refractivity (Wildman–Crippen MR) is 109 cm³/mol. The smallest absolute Gasteiger partial charge is 0.323 e. The standard InChI is InChI=1S/C21H26N4O2S/c26-19-21(10-4-1-5-11-21)23-20(27)25(19)14-24-12-6-7-15(13-24)18-22-16-8-2-3-9-17(16)28-18/h2-3,8-9,15H,1,4-7,10-14H2,(H,23,27). The van der Waals surface area contributed by atoms with Gasteiger partial charge in [0, 0.05) is 12.5 Å². The number of piperidine rings is 1. The molecule has 1 aromatic carbocycles. The van der Waals surface area contributed by atoms with Crippen LogP contribution in [0.1, 0.15) is 55.9 Å². The van der Waals surface area contributed by atoms with Crippen molar-refractivity contribution in [3.05, 3.63) is 29.3 Å². The third-order valence-corrected chi connectivity index (χ3v) is 7.66. The molecule has 2 aromatic rings. The van der Waals surface area contributed by atoms with Gasteiger partial charge in [-0.3, -0.25) is 9.69 Å². The zero-order valence-electron chi connectivity index (χ0n) is 16.0. The summed E-state index contributed by atoms with van der Waals surface area (Å²) < 4.78 is 1.22. The Hall–Kier alpha value is -1.99.